The van der Waals surface area contributed by atoms with Gasteiger partial charge in [0, 0.05) is 36.4 Å². The first-order valence-corrected chi connectivity index (χ1v) is 13.0. The third kappa shape index (κ3) is 6.02. The van der Waals surface area contributed by atoms with Crippen molar-refractivity contribution in [1.82, 2.24) is 19.1 Å². The number of H-pyrrole nitrogens is 2. The fourth-order valence-corrected chi connectivity index (χ4v) is 5.22. The van der Waals surface area contributed by atoms with E-state index in [1.165, 1.54) is 26.2 Å². The Labute approximate surface area is 210 Å². The van der Waals surface area contributed by atoms with Gasteiger partial charge in [0.2, 0.25) is 0 Å². The van der Waals surface area contributed by atoms with Gasteiger partial charge < -0.3 is 19.7 Å². The molecule has 0 aliphatic carbocycles. The first kappa shape index (κ1) is 27.6. The van der Waals surface area contributed by atoms with E-state index in [0.717, 1.165) is 9.13 Å². The molecule has 4 rings (SSSR count). The van der Waals surface area contributed by atoms with Crippen molar-refractivity contribution in [3.05, 3.63) is 65.2 Å². The Bertz CT molecular complexity index is 1370. The molecule has 2 aliphatic rings. The number of nitrogens with zero attached hydrogens (tertiary/aromatic N) is 2. The molecule has 15 nitrogen and oxygen atoms in total. The van der Waals surface area contributed by atoms with Crippen LogP contribution in [0, 0.1) is 13.8 Å². The van der Waals surface area contributed by atoms with Crippen LogP contribution in [0.4, 0.5) is 0 Å². The van der Waals surface area contributed by atoms with Crippen LogP contribution in [0.3, 0.4) is 0 Å². The highest BCUT2D eigenvalue weighted by molar-refractivity contribution is 7.85. The summed E-state index contributed by atoms with van der Waals surface area (Å²) in [6, 6.07) is 0. The summed E-state index contributed by atoms with van der Waals surface area (Å²) >= 11 is 0. The van der Waals surface area contributed by atoms with E-state index >= 15 is 0 Å². The topological polar surface area (TPSA) is 207 Å². The molecule has 0 aromatic carbocycles. The van der Waals surface area contributed by atoms with E-state index in [1.54, 1.807) is 0 Å². The molecule has 201 valence electrons. The lowest BCUT2D eigenvalue weighted by Crippen LogP contribution is -2.33. The highest BCUT2D eigenvalue weighted by Crippen LogP contribution is 2.55. The van der Waals surface area contributed by atoms with Gasteiger partial charge in [-0.3, -0.25) is 28.7 Å². The molecule has 5 N–H and O–H groups in total. The molecular formula is C20H27BN4O11P. The average Bonchev–Trinajstić information content (AvgIpc) is 3.39. The van der Waals surface area contributed by atoms with Crippen LogP contribution in [0.15, 0.2) is 31.6 Å². The molecular weight excluding hydrogens is 514 g/mol. The number of aliphatic hydroxyl groups excluding tert-OH is 2. The zero-order valence-electron chi connectivity index (χ0n) is 20.0. The highest BCUT2D eigenvalue weighted by atomic mass is 31.2. The van der Waals surface area contributed by atoms with Crippen molar-refractivity contribution < 1.29 is 33.6 Å². The fraction of sp³-hybridized carbons (Fsp3) is 0.600. The van der Waals surface area contributed by atoms with Crippen LogP contribution in [-0.2, 0) is 18.5 Å². The van der Waals surface area contributed by atoms with E-state index in [4.69, 9.17) is 26.1 Å². The Hall–Kier alpha value is -2.43. The first-order valence-electron chi connectivity index (χ1n) is 11.4. The number of aliphatic hydroxyl groups is 2. The molecule has 2 aromatic rings. The summed E-state index contributed by atoms with van der Waals surface area (Å²) < 4.78 is 24.5. The van der Waals surface area contributed by atoms with Crippen molar-refractivity contribution in [1.29, 1.82) is 0 Å². The van der Waals surface area contributed by atoms with Crippen LogP contribution in [-0.4, -0.2) is 79.4 Å². The summed E-state index contributed by atoms with van der Waals surface area (Å²) in [6.07, 6.45) is -3.15. The number of aromatic nitrogens is 4. The van der Waals surface area contributed by atoms with Crippen molar-refractivity contribution in [2.45, 2.75) is 63.6 Å². The third-order valence-corrected chi connectivity index (χ3v) is 7.28. The Morgan fingerprint density at radius 2 is 1.51 bits per heavy atom. The second-order valence-electron chi connectivity index (χ2n) is 8.94. The molecule has 37 heavy (non-hydrogen) atoms. The lowest BCUT2D eigenvalue weighted by Gasteiger charge is -2.30. The van der Waals surface area contributed by atoms with Crippen molar-refractivity contribution in [3.63, 3.8) is 0 Å². The Balaban J connectivity index is 1.39. The predicted molar refractivity (Wildman–Crippen MR) is 128 cm³/mol. The molecule has 2 aromatic heterocycles. The molecule has 2 aliphatic heterocycles. The summed E-state index contributed by atoms with van der Waals surface area (Å²) in [4.78, 5) is 62.4. The zero-order chi connectivity index (χ0) is 27.1. The SMILES string of the molecule is [B-][P+](O)(OC[C@H]1O[C@@H](n2cc(C)c(=O)[nH]c2=O)C[C@@H]1O)O[C@H]1C[C@H](n2cc(C)c(=O)[nH]c2=O)O[C@@H]1CO. The molecule has 2 fully saturated rings. The maximum Gasteiger partial charge on any atom is 0.330 e. The maximum absolute atomic E-state index is 12.2. The van der Waals surface area contributed by atoms with Crippen LogP contribution in [0.1, 0.15) is 36.4 Å². The third-order valence-electron chi connectivity index (χ3n) is 6.19. The molecule has 0 saturated carbocycles. The van der Waals surface area contributed by atoms with Gasteiger partial charge in [0.1, 0.15) is 45.2 Å². The summed E-state index contributed by atoms with van der Waals surface area (Å²) in [6.45, 7) is 2.12. The Morgan fingerprint density at radius 3 is 2.05 bits per heavy atom. The molecule has 7 atom stereocenters. The van der Waals surface area contributed by atoms with Crippen LogP contribution in [0.2, 0.25) is 0 Å². The molecule has 17 heteroatoms. The standard InChI is InChI=1S/C20H26BN4O11P/c1-9-5-24(19(30)22-17(9)28)15-3-11(27)14(35-15)8-33-37(21,32)36-12-4-16(34-13(12)7-26)25-6-10(2)18(29)23-20(25)31/h5-6,11-16,26-27,32H,3-4,7-8H2,1-2H3,(H-,22,23,28,29,30,31)/q-1/p+1/t11-,12-,13+,14+,15+,16+,37?/m0/s1. The van der Waals surface area contributed by atoms with E-state index in [9.17, 15) is 34.3 Å². The average molecular weight is 541 g/mol. The molecule has 3 radical (unpaired) electrons. The Morgan fingerprint density at radius 1 is 1.00 bits per heavy atom. The van der Waals surface area contributed by atoms with Gasteiger partial charge in [0.25, 0.3) is 11.1 Å². The van der Waals surface area contributed by atoms with Crippen molar-refractivity contribution >= 4 is 15.4 Å². The van der Waals surface area contributed by atoms with Crippen molar-refractivity contribution in [3.8, 4) is 0 Å². The number of rotatable bonds is 8. The van der Waals surface area contributed by atoms with Crippen LogP contribution in [0.25, 0.3) is 0 Å². The normalized spacial score (nSPS) is 29.5. The molecule has 2 saturated heterocycles. The smallest absolute Gasteiger partial charge is 0.330 e. The number of nitrogens with one attached hydrogen (secondary N) is 2. The number of hydrogen-bond acceptors (Lipinski definition) is 11. The number of aromatic amines is 2. The second-order valence-corrected chi connectivity index (χ2v) is 10.5. The molecule has 0 bridgehead atoms. The number of hydrogen-bond donors (Lipinski definition) is 5. The van der Waals surface area contributed by atoms with Crippen LogP contribution in [0.5, 0.6) is 0 Å². The Kier molecular flexibility index (Phi) is 8.02. The molecule has 4 heterocycles. The van der Waals surface area contributed by atoms with E-state index < -0.39 is 80.4 Å². The van der Waals surface area contributed by atoms with Crippen molar-refractivity contribution in [2.24, 2.45) is 0 Å². The summed E-state index contributed by atoms with van der Waals surface area (Å²) in [5.74, 6) is 0. The monoisotopic (exact) mass is 541 g/mol. The van der Waals surface area contributed by atoms with E-state index in [-0.39, 0.29) is 24.0 Å². The van der Waals surface area contributed by atoms with Gasteiger partial charge in [-0.05, 0) is 13.8 Å². The molecule has 0 amide bonds. The summed E-state index contributed by atoms with van der Waals surface area (Å²) in [7, 11) is 1.81. The maximum atomic E-state index is 12.2. The fourth-order valence-electron chi connectivity index (χ4n) is 4.19. The first-order chi connectivity index (χ1) is 17.4. The van der Waals surface area contributed by atoms with E-state index in [1.807, 2.05) is 0 Å². The minimum absolute atomic E-state index is 0.00140. The van der Waals surface area contributed by atoms with E-state index in [2.05, 4.69) is 9.97 Å². The van der Waals surface area contributed by atoms with Gasteiger partial charge in [-0.15, -0.1) is 0 Å². The summed E-state index contributed by atoms with van der Waals surface area (Å²) in [5.41, 5.74) is -1.95. The zero-order valence-corrected chi connectivity index (χ0v) is 20.9. The second kappa shape index (κ2) is 10.7. The molecule has 0 spiro atoms. The quantitative estimate of drug-likeness (QED) is 0.180. The largest absolute Gasteiger partial charge is 0.394 e. The van der Waals surface area contributed by atoms with Crippen LogP contribution >= 0.6 is 7.82 Å². The van der Waals surface area contributed by atoms with Crippen molar-refractivity contribution in [2.75, 3.05) is 13.2 Å². The minimum atomic E-state index is -4.03. The highest BCUT2D eigenvalue weighted by Gasteiger charge is 2.43. The minimum Gasteiger partial charge on any atom is -0.394 e. The predicted octanol–water partition coefficient (Wildman–Crippen LogP) is -2.13. The van der Waals surface area contributed by atoms with Gasteiger partial charge in [-0.2, -0.15) is 7.57 Å². The van der Waals surface area contributed by atoms with Gasteiger partial charge in [-0.25, -0.2) is 23.5 Å². The van der Waals surface area contributed by atoms with Gasteiger partial charge in [-0.1, -0.05) is 0 Å². The van der Waals surface area contributed by atoms with Gasteiger partial charge in [0.15, 0.2) is 0 Å². The lowest BCUT2D eigenvalue weighted by molar-refractivity contribution is -0.0538. The number of ether oxygens (including phenoxy) is 2. The summed E-state index contributed by atoms with van der Waals surface area (Å²) in [5, 5.41) is 20.1. The van der Waals surface area contributed by atoms with Crippen LogP contribution < -0.4 is 22.5 Å². The molecule has 1 unspecified atom stereocenters. The lowest BCUT2D eigenvalue weighted by atomic mass is 10.2. The van der Waals surface area contributed by atoms with E-state index in [0.29, 0.717) is 0 Å². The van der Waals surface area contributed by atoms with Gasteiger partial charge in [0.05, 0.1) is 12.7 Å². The van der Waals surface area contributed by atoms with Gasteiger partial charge >= 0.3 is 11.4 Å². The number of aryl methyl sites for hydroxylation is 2.